The highest BCUT2D eigenvalue weighted by atomic mass is 32.2. The summed E-state index contributed by atoms with van der Waals surface area (Å²) in [5, 5.41) is 11.8. The number of anilines is 2. The van der Waals surface area contributed by atoms with E-state index in [2.05, 4.69) is 15.5 Å². The summed E-state index contributed by atoms with van der Waals surface area (Å²) < 4.78 is 19.5. The maximum Gasteiger partial charge on any atom is 0.260 e. The molecule has 2 aromatic carbocycles. The molecule has 0 saturated carbocycles. The molecular weight excluding hydrogens is 463 g/mol. The van der Waals surface area contributed by atoms with Crippen molar-refractivity contribution >= 4 is 45.7 Å². The molecule has 2 heterocycles. The van der Waals surface area contributed by atoms with Gasteiger partial charge in [0.1, 0.15) is 11.6 Å². The highest BCUT2D eigenvalue weighted by Gasteiger charge is 2.33. The van der Waals surface area contributed by atoms with Crippen molar-refractivity contribution < 1.29 is 18.7 Å². The number of halogens is 1. The molecule has 0 spiro atoms. The molecule has 33 heavy (non-hydrogen) atoms. The van der Waals surface area contributed by atoms with Crippen LogP contribution < -0.4 is 10.1 Å². The third-order valence-electron chi connectivity index (χ3n) is 5.05. The van der Waals surface area contributed by atoms with Gasteiger partial charge in [0.2, 0.25) is 11.0 Å². The number of rotatable bonds is 7. The number of ether oxygens (including phenoxy) is 1. The molecule has 1 aliphatic heterocycles. The summed E-state index contributed by atoms with van der Waals surface area (Å²) in [6, 6.07) is 12.8. The molecule has 1 unspecified atom stereocenters. The van der Waals surface area contributed by atoms with Crippen molar-refractivity contribution in [1.29, 1.82) is 0 Å². The Hall–Kier alpha value is -2.98. The van der Waals surface area contributed by atoms with Crippen LogP contribution in [0.2, 0.25) is 0 Å². The predicted octanol–water partition coefficient (Wildman–Crippen LogP) is 5.13. The molecule has 10 heteroatoms. The molecule has 172 valence electrons. The van der Waals surface area contributed by atoms with Gasteiger partial charge in [-0.15, -0.1) is 10.2 Å². The molecule has 4 rings (SSSR count). The Labute approximate surface area is 199 Å². The lowest BCUT2D eigenvalue weighted by Crippen LogP contribution is -2.41. The maximum absolute atomic E-state index is 13.2. The van der Waals surface area contributed by atoms with E-state index in [-0.39, 0.29) is 5.91 Å². The maximum atomic E-state index is 13.2. The highest BCUT2D eigenvalue weighted by molar-refractivity contribution is 8.02. The number of carbonyl (C=O) groups excluding carboxylic acids is 2. The van der Waals surface area contributed by atoms with Crippen LogP contribution in [0.3, 0.4) is 0 Å². The summed E-state index contributed by atoms with van der Waals surface area (Å²) in [5.74, 6) is -0.358. The van der Waals surface area contributed by atoms with Gasteiger partial charge in [-0.2, -0.15) is 0 Å². The number of aromatic nitrogens is 2. The number of likely N-dealkylation sites (tertiary alicyclic amines) is 1. The van der Waals surface area contributed by atoms with Crippen LogP contribution in [-0.2, 0) is 4.79 Å². The number of imide groups is 1. The zero-order chi connectivity index (χ0) is 23.2. The Balaban J connectivity index is 1.45. The Bertz CT molecular complexity index is 1120. The minimum absolute atomic E-state index is 0.252. The molecule has 0 bridgehead atoms. The van der Waals surface area contributed by atoms with Crippen LogP contribution in [0, 0.1) is 5.82 Å². The fraction of sp³-hybridized carbons (Fsp3) is 0.304. The molecule has 7 nitrogen and oxygen atoms in total. The summed E-state index contributed by atoms with van der Waals surface area (Å²) in [5.41, 5.74) is 1.08. The number of nitrogens with zero attached hydrogens (tertiary/aromatic N) is 3. The molecule has 1 fully saturated rings. The number of benzene rings is 2. The third-order valence-corrected chi connectivity index (χ3v) is 7.23. The quantitative estimate of drug-likeness (QED) is 0.463. The number of hydrogen-bond donors (Lipinski definition) is 1. The van der Waals surface area contributed by atoms with Crippen molar-refractivity contribution in [3.05, 3.63) is 59.9 Å². The number of nitrogens with one attached hydrogen (secondary N) is 1. The van der Waals surface area contributed by atoms with Crippen molar-refractivity contribution in [2.45, 2.75) is 35.8 Å². The van der Waals surface area contributed by atoms with Crippen molar-refractivity contribution in [3.63, 3.8) is 0 Å². The standard InChI is InChI=1S/C23H23FN4O3S2/c1-2-31-18-8-4-3-7-17(18)25-22-26-27-23(33-22)32-19-9-5-6-14-28(21(19)30)20(29)15-10-12-16(24)13-11-15/h3-4,7-8,10-13,19H,2,5-6,9,14H2,1H3,(H,25,26). The minimum Gasteiger partial charge on any atom is -0.492 e. The van der Waals surface area contributed by atoms with Gasteiger partial charge in [0.25, 0.3) is 5.91 Å². The van der Waals surface area contributed by atoms with Crippen LogP contribution in [0.4, 0.5) is 15.2 Å². The van der Waals surface area contributed by atoms with E-state index in [9.17, 15) is 14.0 Å². The van der Waals surface area contributed by atoms with E-state index in [1.165, 1.54) is 52.3 Å². The minimum atomic E-state index is -0.437. The van der Waals surface area contributed by atoms with Crippen molar-refractivity contribution in [1.82, 2.24) is 15.1 Å². The summed E-state index contributed by atoms with van der Waals surface area (Å²) in [7, 11) is 0. The topological polar surface area (TPSA) is 84.4 Å². The predicted molar refractivity (Wildman–Crippen MR) is 127 cm³/mol. The van der Waals surface area contributed by atoms with E-state index in [4.69, 9.17) is 4.74 Å². The van der Waals surface area contributed by atoms with E-state index in [1.54, 1.807) is 0 Å². The number of hydrogen-bond acceptors (Lipinski definition) is 8. The SMILES string of the molecule is CCOc1ccccc1Nc1nnc(SC2CCCCN(C(=O)c3ccc(F)cc3)C2=O)s1. The first-order chi connectivity index (χ1) is 16.0. The normalized spacial score (nSPS) is 16.4. The molecule has 1 saturated heterocycles. The first kappa shape index (κ1) is 23.2. The molecule has 0 aliphatic carbocycles. The Kier molecular flexibility index (Phi) is 7.56. The summed E-state index contributed by atoms with van der Waals surface area (Å²) in [6.07, 6.45) is 2.20. The largest absolute Gasteiger partial charge is 0.492 e. The van der Waals surface area contributed by atoms with Crippen molar-refractivity contribution in [2.75, 3.05) is 18.5 Å². The van der Waals surface area contributed by atoms with Gasteiger partial charge in [0.15, 0.2) is 4.34 Å². The molecule has 1 N–H and O–H groups in total. The van der Waals surface area contributed by atoms with Crippen molar-refractivity contribution in [2.24, 2.45) is 0 Å². The molecule has 2 amide bonds. The van der Waals surface area contributed by atoms with E-state index in [0.29, 0.717) is 34.6 Å². The second-order valence-corrected chi connectivity index (χ2v) is 9.76. The number of carbonyl (C=O) groups is 2. The number of thioether (sulfide) groups is 1. The smallest absolute Gasteiger partial charge is 0.260 e. The number of para-hydroxylation sites is 2. The van der Waals surface area contributed by atoms with E-state index < -0.39 is 17.0 Å². The number of amides is 2. The first-order valence-corrected chi connectivity index (χ1v) is 12.3. The van der Waals surface area contributed by atoms with Gasteiger partial charge in [-0.1, -0.05) is 41.7 Å². The first-order valence-electron chi connectivity index (χ1n) is 10.7. The average molecular weight is 487 g/mol. The van der Waals surface area contributed by atoms with Gasteiger partial charge in [0, 0.05) is 12.1 Å². The van der Waals surface area contributed by atoms with Gasteiger partial charge in [-0.3, -0.25) is 14.5 Å². The lowest BCUT2D eigenvalue weighted by molar-refractivity contribution is -0.127. The highest BCUT2D eigenvalue weighted by Crippen LogP contribution is 2.36. The summed E-state index contributed by atoms with van der Waals surface area (Å²) >= 11 is 2.66. The molecule has 1 aromatic heterocycles. The lowest BCUT2D eigenvalue weighted by atomic mass is 10.2. The summed E-state index contributed by atoms with van der Waals surface area (Å²) in [6.45, 7) is 2.82. The van der Waals surface area contributed by atoms with Gasteiger partial charge in [-0.05, 0) is 56.2 Å². The second kappa shape index (κ2) is 10.8. The second-order valence-electron chi connectivity index (χ2n) is 7.33. The fourth-order valence-corrected chi connectivity index (χ4v) is 5.57. The van der Waals surface area contributed by atoms with Crippen LogP contribution in [0.5, 0.6) is 5.75 Å². The van der Waals surface area contributed by atoms with Crippen LogP contribution in [0.25, 0.3) is 0 Å². The van der Waals surface area contributed by atoms with E-state index >= 15 is 0 Å². The van der Waals surface area contributed by atoms with E-state index in [0.717, 1.165) is 24.3 Å². The van der Waals surface area contributed by atoms with Gasteiger partial charge in [0.05, 0.1) is 17.5 Å². The van der Waals surface area contributed by atoms with Crippen LogP contribution in [-0.4, -0.2) is 45.3 Å². The summed E-state index contributed by atoms with van der Waals surface area (Å²) in [4.78, 5) is 27.3. The fourth-order valence-electron chi connectivity index (χ4n) is 3.46. The third kappa shape index (κ3) is 5.69. The zero-order valence-corrected chi connectivity index (χ0v) is 19.6. The van der Waals surface area contributed by atoms with Crippen LogP contribution in [0.1, 0.15) is 36.5 Å². The molecular formula is C23H23FN4O3S2. The molecule has 0 radical (unpaired) electrons. The van der Waals surface area contributed by atoms with Crippen molar-refractivity contribution in [3.8, 4) is 5.75 Å². The molecule has 3 aromatic rings. The zero-order valence-electron chi connectivity index (χ0n) is 18.0. The monoisotopic (exact) mass is 486 g/mol. The van der Waals surface area contributed by atoms with Crippen LogP contribution >= 0.6 is 23.1 Å². The Morgan fingerprint density at radius 1 is 1.21 bits per heavy atom. The Morgan fingerprint density at radius 3 is 2.79 bits per heavy atom. The van der Waals surface area contributed by atoms with Crippen LogP contribution in [0.15, 0.2) is 52.9 Å². The van der Waals surface area contributed by atoms with Gasteiger partial charge < -0.3 is 10.1 Å². The van der Waals surface area contributed by atoms with E-state index in [1.807, 2.05) is 31.2 Å². The Morgan fingerprint density at radius 2 is 2.00 bits per heavy atom. The van der Waals surface area contributed by atoms with Gasteiger partial charge in [-0.25, -0.2) is 4.39 Å². The molecule has 1 atom stereocenters. The average Bonchev–Trinajstić information content (AvgIpc) is 3.18. The lowest BCUT2D eigenvalue weighted by Gasteiger charge is -2.22. The van der Waals surface area contributed by atoms with Gasteiger partial charge >= 0.3 is 0 Å². The molecule has 1 aliphatic rings.